The summed E-state index contributed by atoms with van der Waals surface area (Å²) in [5.74, 6) is 0. The SMILES string of the molecule is NC(=S)c1ccc(Br)cc1Nc1ccc(Br)c(Cl)c1Cl. The summed E-state index contributed by atoms with van der Waals surface area (Å²) in [6, 6.07) is 9.22. The molecular formula is C13H8Br2Cl2N2S. The van der Waals surface area contributed by atoms with Crippen molar-refractivity contribution in [1.29, 1.82) is 0 Å². The van der Waals surface area contributed by atoms with Gasteiger partial charge in [0.2, 0.25) is 0 Å². The minimum atomic E-state index is 0.305. The fourth-order valence-electron chi connectivity index (χ4n) is 1.60. The summed E-state index contributed by atoms with van der Waals surface area (Å²) in [4.78, 5) is 0.305. The van der Waals surface area contributed by atoms with E-state index in [0.29, 0.717) is 20.7 Å². The summed E-state index contributed by atoms with van der Waals surface area (Å²) >= 11 is 24.1. The van der Waals surface area contributed by atoms with Gasteiger partial charge in [-0.05, 0) is 46.3 Å². The fraction of sp³-hybridized carbons (Fsp3) is 0. The second-order valence-electron chi connectivity index (χ2n) is 3.90. The molecule has 0 unspecified atom stereocenters. The molecule has 0 radical (unpaired) electrons. The molecule has 0 spiro atoms. The van der Waals surface area contributed by atoms with E-state index in [0.717, 1.165) is 20.2 Å². The topological polar surface area (TPSA) is 38.0 Å². The van der Waals surface area contributed by atoms with Crippen LogP contribution in [0.5, 0.6) is 0 Å². The molecule has 0 amide bonds. The van der Waals surface area contributed by atoms with Crippen LogP contribution in [0, 0.1) is 0 Å². The summed E-state index contributed by atoms with van der Waals surface area (Å²) < 4.78 is 1.64. The van der Waals surface area contributed by atoms with Crippen molar-refractivity contribution in [2.45, 2.75) is 0 Å². The van der Waals surface area contributed by atoms with Crippen LogP contribution in [-0.2, 0) is 0 Å². The quantitative estimate of drug-likeness (QED) is 0.448. The third kappa shape index (κ3) is 3.46. The molecule has 20 heavy (non-hydrogen) atoms. The van der Waals surface area contributed by atoms with E-state index in [9.17, 15) is 0 Å². The summed E-state index contributed by atoms with van der Waals surface area (Å²) in [5, 5.41) is 4.07. The predicted molar refractivity (Wildman–Crippen MR) is 97.5 cm³/mol. The first-order chi connectivity index (χ1) is 9.40. The predicted octanol–water partition coefficient (Wildman–Crippen LogP) is 5.90. The third-order valence-corrected chi connectivity index (χ3v) is 5.04. The van der Waals surface area contributed by atoms with Crippen molar-refractivity contribution in [2.75, 3.05) is 5.32 Å². The van der Waals surface area contributed by atoms with Gasteiger partial charge in [-0.1, -0.05) is 51.3 Å². The number of nitrogens with two attached hydrogens (primary N) is 1. The Morgan fingerprint density at radius 1 is 1.05 bits per heavy atom. The van der Waals surface area contributed by atoms with Gasteiger partial charge in [0.05, 0.1) is 15.7 Å². The lowest BCUT2D eigenvalue weighted by molar-refractivity contribution is 1.50. The molecule has 2 rings (SSSR count). The Hall–Kier alpha value is -0.330. The van der Waals surface area contributed by atoms with Crippen molar-refractivity contribution in [3.63, 3.8) is 0 Å². The van der Waals surface area contributed by atoms with Crippen LogP contribution < -0.4 is 11.1 Å². The first-order valence-corrected chi connectivity index (χ1v) is 8.15. The van der Waals surface area contributed by atoms with Gasteiger partial charge in [0.15, 0.2) is 0 Å². The monoisotopic (exact) mass is 452 g/mol. The molecular weight excluding hydrogens is 447 g/mol. The highest BCUT2D eigenvalue weighted by atomic mass is 79.9. The Balaban J connectivity index is 2.47. The van der Waals surface area contributed by atoms with Crippen molar-refractivity contribution < 1.29 is 0 Å². The highest BCUT2D eigenvalue weighted by molar-refractivity contribution is 9.10. The molecule has 2 aromatic carbocycles. The number of rotatable bonds is 3. The zero-order chi connectivity index (χ0) is 14.9. The lowest BCUT2D eigenvalue weighted by atomic mass is 10.1. The van der Waals surface area contributed by atoms with Crippen LogP contribution in [0.15, 0.2) is 39.3 Å². The third-order valence-electron chi connectivity index (χ3n) is 2.55. The summed E-state index contributed by atoms with van der Waals surface area (Å²) in [6.07, 6.45) is 0. The molecule has 7 heteroatoms. The van der Waals surface area contributed by atoms with Gasteiger partial charge in [-0.15, -0.1) is 0 Å². The Morgan fingerprint density at radius 2 is 1.75 bits per heavy atom. The van der Waals surface area contributed by atoms with Gasteiger partial charge in [0.1, 0.15) is 4.99 Å². The van der Waals surface area contributed by atoms with Gasteiger partial charge < -0.3 is 11.1 Å². The van der Waals surface area contributed by atoms with Crippen LogP contribution in [0.3, 0.4) is 0 Å². The lowest BCUT2D eigenvalue weighted by Gasteiger charge is -2.14. The van der Waals surface area contributed by atoms with E-state index in [2.05, 4.69) is 37.2 Å². The van der Waals surface area contributed by atoms with E-state index < -0.39 is 0 Å². The summed E-state index contributed by atoms with van der Waals surface area (Å²) in [5.41, 5.74) is 7.89. The second-order valence-corrected chi connectivity index (χ2v) is 6.87. The zero-order valence-corrected chi connectivity index (χ0v) is 15.4. The Kier molecular flexibility index (Phi) is 5.31. The van der Waals surface area contributed by atoms with Crippen molar-refractivity contribution in [3.05, 3.63) is 54.9 Å². The van der Waals surface area contributed by atoms with Crippen LogP contribution in [0.2, 0.25) is 10.0 Å². The number of halogens is 4. The number of benzene rings is 2. The van der Waals surface area contributed by atoms with Gasteiger partial charge in [-0.25, -0.2) is 0 Å². The number of hydrogen-bond acceptors (Lipinski definition) is 2. The van der Waals surface area contributed by atoms with Gasteiger partial charge in [-0.2, -0.15) is 0 Å². The normalized spacial score (nSPS) is 10.4. The van der Waals surface area contributed by atoms with Crippen LogP contribution in [0.4, 0.5) is 11.4 Å². The summed E-state index contributed by atoms with van der Waals surface area (Å²) in [6.45, 7) is 0. The maximum Gasteiger partial charge on any atom is 0.106 e. The maximum absolute atomic E-state index is 6.22. The molecule has 0 bridgehead atoms. The molecule has 0 saturated carbocycles. The average molecular weight is 455 g/mol. The molecule has 0 aliphatic heterocycles. The van der Waals surface area contributed by atoms with Gasteiger partial charge in [0.25, 0.3) is 0 Å². The molecule has 104 valence electrons. The number of hydrogen-bond donors (Lipinski definition) is 2. The van der Waals surface area contributed by atoms with Crippen LogP contribution in [0.25, 0.3) is 0 Å². The second kappa shape index (κ2) is 6.62. The lowest BCUT2D eigenvalue weighted by Crippen LogP contribution is -2.12. The maximum atomic E-state index is 6.22. The Labute approximate surface area is 148 Å². The molecule has 0 heterocycles. The molecule has 0 fully saturated rings. The zero-order valence-electron chi connectivity index (χ0n) is 9.88. The van der Waals surface area contributed by atoms with Crippen LogP contribution in [-0.4, -0.2) is 4.99 Å². The molecule has 2 aromatic rings. The summed E-state index contributed by atoms with van der Waals surface area (Å²) in [7, 11) is 0. The van der Waals surface area contributed by atoms with Gasteiger partial charge in [0, 0.05) is 20.2 Å². The molecule has 0 saturated heterocycles. The average Bonchev–Trinajstić information content (AvgIpc) is 2.39. The Morgan fingerprint density at radius 3 is 2.40 bits per heavy atom. The van der Waals surface area contributed by atoms with Crippen molar-refractivity contribution in [1.82, 2.24) is 0 Å². The van der Waals surface area contributed by atoms with Crippen LogP contribution >= 0.6 is 67.3 Å². The molecule has 3 N–H and O–H groups in total. The van der Waals surface area contributed by atoms with Crippen molar-refractivity contribution in [3.8, 4) is 0 Å². The van der Waals surface area contributed by atoms with E-state index in [1.54, 1.807) is 0 Å². The first-order valence-electron chi connectivity index (χ1n) is 5.40. The molecule has 0 aromatic heterocycles. The molecule has 0 aliphatic carbocycles. The van der Waals surface area contributed by atoms with Crippen LogP contribution in [0.1, 0.15) is 5.56 Å². The molecule has 0 atom stereocenters. The van der Waals surface area contributed by atoms with E-state index >= 15 is 0 Å². The number of anilines is 2. The largest absolute Gasteiger partial charge is 0.389 e. The first kappa shape index (κ1) is 16.0. The van der Waals surface area contributed by atoms with E-state index in [4.69, 9.17) is 41.2 Å². The van der Waals surface area contributed by atoms with E-state index in [1.165, 1.54) is 0 Å². The van der Waals surface area contributed by atoms with Crippen molar-refractivity contribution >= 4 is 83.6 Å². The number of thiocarbonyl (C=S) groups is 1. The van der Waals surface area contributed by atoms with Gasteiger partial charge >= 0.3 is 0 Å². The standard InChI is InChI=1S/C13H8Br2Cl2N2S/c14-6-1-2-7(13(18)20)10(5-6)19-9-4-3-8(15)11(16)12(9)17/h1-5,19H,(H2,18,20). The minimum absolute atomic E-state index is 0.305. The Bertz CT molecular complexity index is 692. The highest BCUT2D eigenvalue weighted by Gasteiger charge is 2.11. The van der Waals surface area contributed by atoms with Gasteiger partial charge in [-0.3, -0.25) is 0 Å². The molecule has 2 nitrogen and oxygen atoms in total. The molecule has 0 aliphatic rings. The smallest absolute Gasteiger partial charge is 0.106 e. The van der Waals surface area contributed by atoms with Crippen molar-refractivity contribution in [2.24, 2.45) is 5.73 Å². The van der Waals surface area contributed by atoms with E-state index in [-0.39, 0.29) is 0 Å². The fourth-order valence-corrected chi connectivity index (χ4v) is 2.96. The minimum Gasteiger partial charge on any atom is -0.389 e. The van der Waals surface area contributed by atoms with E-state index in [1.807, 2.05) is 30.3 Å². The number of nitrogens with one attached hydrogen (secondary N) is 1. The highest BCUT2D eigenvalue weighted by Crippen LogP contribution is 2.37.